The van der Waals surface area contributed by atoms with Gasteiger partial charge < -0.3 is 13.7 Å². The molecule has 96 valence electrons. The number of aryl methyl sites for hydroxylation is 1. The fourth-order valence-electron chi connectivity index (χ4n) is 1.67. The van der Waals surface area contributed by atoms with Gasteiger partial charge >= 0.3 is 0 Å². The van der Waals surface area contributed by atoms with E-state index in [0.29, 0.717) is 23.3 Å². The predicted octanol–water partition coefficient (Wildman–Crippen LogP) is 2.71. The highest BCUT2D eigenvalue weighted by atomic mass is 16.5. The number of ether oxygens (including phenoxy) is 1. The van der Waals surface area contributed by atoms with Crippen LogP contribution in [0, 0.1) is 6.92 Å². The Morgan fingerprint density at radius 1 is 1.21 bits per heavy atom. The predicted molar refractivity (Wildman–Crippen MR) is 66.5 cm³/mol. The van der Waals surface area contributed by atoms with Gasteiger partial charge in [-0.15, -0.1) is 0 Å². The smallest absolute Gasteiger partial charge is 0.280 e. The summed E-state index contributed by atoms with van der Waals surface area (Å²) < 4.78 is 15.4. The fourth-order valence-corrected chi connectivity index (χ4v) is 1.67. The minimum atomic E-state index is 0.328. The molecule has 0 amide bonds. The first kappa shape index (κ1) is 11.5. The molecule has 0 saturated carbocycles. The lowest BCUT2D eigenvalue weighted by Gasteiger charge is -1.99. The zero-order valence-corrected chi connectivity index (χ0v) is 10.5. The largest absolute Gasteiger partial charge is 0.497 e. The van der Waals surface area contributed by atoms with Gasteiger partial charge in [0.05, 0.1) is 7.11 Å². The van der Waals surface area contributed by atoms with Crippen LogP contribution < -0.4 is 4.74 Å². The molecule has 0 unspecified atom stereocenters. The third kappa shape index (κ3) is 2.20. The highest BCUT2D eigenvalue weighted by Gasteiger charge is 2.14. The molecule has 0 N–H and O–H groups in total. The Hall–Kier alpha value is -2.63. The van der Waals surface area contributed by atoms with Crippen LogP contribution in [0.1, 0.15) is 5.89 Å². The number of aromatic nitrogens is 3. The average Bonchev–Trinajstić information content (AvgIpc) is 3.07. The summed E-state index contributed by atoms with van der Waals surface area (Å²) in [5.41, 5.74) is 1.34. The number of hydrogen-bond acceptors (Lipinski definition) is 6. The second kappa shape index (κ2) is 4.56. The Balaban J connectivity index is 1.96. The summed E-state index contributed by atoms with van der Waals surface area (Å²) in [5.74, 6) is 2.10. The van der Waals surface area contributed by atoms with Gasteiger partial charge in [0.25, 0.3) is 5.89 Å². The first-order chi connectivity index (χ1) is 9.26. The van der Waals surface area contributed by atoms with E-state index in [1.807, 2.05) is 24.3 Å². The zero-order chi connectivity index (χ0) is 13.2. The van der Waals surface area contributed by atoms with E-state index in [2.05, 4.69) is 15.1 Å². The second-order valence-corrected chi connectivity index (χ2v) is 3.91. The van der Waals surface area contributed by atoms with Crippen LogP contribution in [0.25, 0.3) is 23.0 Å². The molecule has 0 saturated heterocycles. The van der Waals surface area contributed by atoms with Gasteiger partial charge in [-0.1, -0.05) is 17.3 Å². The topological polar surface area (TPSA) is 74.2 Å². The molecule has 3 rings (SSSR count). The van der Waals surface area contributed by atoms with E-state index < -0.39 is 0 Å². The molecule has 6 nitrogen and oxygen atoms in total. The Kier molecular flexibility index (Phi) is 2.75. The summed E-state index contributed by atoms with van der Waals surface area (Å²) in [5, 5.41) is 3.92. The minimum absolute atomic E-state index is 0.328. The molecule has 0 atom stereocenters. The minimum Gasteiger partial charge on any atom is -0.497 e. The van der Waals surface area contributed by atoms with Crippen molar-refractivity contribution in [2.75, 3.05) is 7.11 Å². The number of oxazole rings is 1. The molecule has 3 aromatic rings. The third-order valence-corrected chi connectivity index (χ3v) is 2.59. The maximum absolute atomic E-state index is 5.17. The van der Waals surface area contributed by atoms with Crippen LogP contribution in [0.2, 0.25) is 0 Å². The van der Waals surface area contributed by atoms with E-state index in [1.165, 1.54) is 6.26 Å². The summed E-state index contributed by atoms with van der Waals surface area (Å²) in [6.07, 6.45) is 1.48. The van der Waals surface area contributed by atoms with Crippen LogP contribution >= 0.6 is 0 Å². The molecule has 0 spiro atoms. The van der Waals surface area contributed by atoms with Gasteiger partial charge in [0.15, 0.2) is 11.6 Å². The normalized spacial score (nSPS) is 10.6. The molecular formula is C13H11N3O3. The van der Waals surface area contributed by atoms with Crippen molar-refractivity contribution in [1.82, 2.24) is 15.1 Å². The molecule has 0 aliphatic heterocycles. The molecule has 0 fully saturated rings. The molecule has 0 radical (unpaired) electrons. The highest BCUT2D eigenvalue weighted by Crippen LogP contribution is 2.24. The summed E-state index contributed by atoms with van der Waals surface area (Å²) in [6.45, 7) is 1.75. The molecule has 6 heteroatoms. The van der Waals surface area contributed by atoms with Crippen molar-refractivity contribution in [2.24, 2.45) is 0 Å². The molecule has 0 aliphatic rings. The van der Waals surface area contributed by atoms with Crippen molar-refractivity contribution in [3.05, 3.63) is 36.4 Å². The number of hydrogen-bond donors (Lipinski definition) is 0. The third-order valence-electron chi connectivity index (χ3n) is 2.59. The Morgan fingerprint density at radius 2 is 2.11 bits per heavy atom. The number of nitrogens with zero attached hydrogens (tertiary/aromatic N) is 3. The van der Waals surface area contributed by atoms with Crippen molar-refractivity contribution in [2.45, 2.75) is 6.92 Å². The van der Waals surface area contributed by atoms with Gasteiger partial charge in [0.2, 0.25) is 5.82 Å². The zero-order valence-electron chi connectivity index (χ0n) is 10.5. The Bertz CT molecular complexity index is 702. The van der Waals surface area contributed by atoms with Gasteiger partial charge in [0.1, 0.15) is 12.0 Å². The van der Waals surface area contributed by atoms with E-state index in [1.54, 1.807) is 14.0 Å². The monoisotopic (exact) mass is 257 g/mol. The van der Waals surface area contributed by atoms with E-state index >= 15 is 0 Å². The first-order valence-corrected chi connectivity index (χ1v) is 5.67. The van der Waals surface area contributed by atoms with Gasteiger partial charge in [-0.3, -0.25) is 0 Å². The standard InChI is InChI=1S/C13H11N3O3/c1-8-14-11(7-18-8)13-15-12(16-19-13)9-4-3-5-10(6-9)17-2/h3-7H,1-2H3. The quantitative estimate of drug-likeness (QED) is 0.718. The van der Waals surface area contributed by atoms with Gasteiger partial charge in [-0.05, 0) is 12.1 Å². The van der Waals surface area contributed by atoms with Crippen molar-refractivity contribution >= 4 is 0 Å². The van der Waals surface area contributed by atoms with Crippen molar-refractivity contribution < 1.29 is 13.7 Å². The molecule has 1 aromatic carbocycles. The average molecular weight is 257 g/mol. The van der Waals surface area contributed by atoms with E-state index in [-0.39, 0.29) is 0 Å². The van der Waals surface area contributed by atoms with Crippen LogP contribution in [-0.4, -0.2) is 22.2 Å². The SMILES string of the molecule is COc1cccc(-c2noc(-c3coc(C)n3)n2)c1. The van der Waals surface area contributed by atoms with Gasteiger partial charge in [-0.2, -0.15) is 4.98 Å². The van der Waals surface area contributed by atoms with Crippen molar-refractivity contribution in [1.29, 1.82) is 0 Å². The van der Waals surface area contributed by atoms with E-state index in [0.717, 1.165) is 11.3 Å². The fraction of sp³-hybridized carbons (Fsp3) is 0.154. The van der Waals surface area contributed by atoms with Crippen LogP contribution in [0.15, 0.2) is 39.5 Å². The van der Waals surface area contributed by atoms with Crippen LogP contribution in [-0.2, 0) is 0 Å². The maximum Gasteiger partial charge on any atom is 0.280 e. The second-order valence-electron chi connectivity index (χ2n) is 3.91. The highest BCUT2D eigenvalue weighted by molar-refractivity contribution is 5.59. The van der Waals surface area contributed by atoms with E-state index in [4.69, 9.17) is 13.7 Å². The summed E-state index contributed by atoms with van der Waals surface area (Å²) in [4.78, 5) is 8.42. The van der Waals surface area contributed by atoms with E-state index in [9.17, 15) is 0 Å². The first-order valence-electron chi connectivity index (χ1n) is 5.67. The summed E-state index contributed by atoms with van der Waals surface area (Å²) in [7, 11) is 1.61. The number of benzene rings is 1. The molecule has 0 bridgehead atoms. The lowest BCUT2D eigenvalue weighted by molar-refractivity contribution is 0.414. The Morgan fingerprint density at radius 3 is 2.84 bits per heavy atom. The number of methoxy groups -OCH3 is 1. The van der Waals surface area contributed by atoms with Crippen molar-refractivity contribution in [3.63, 3.8) is 0 Å². The molecule has 19 heavy (non-hydrogen) atoms. The molecular weight excluding hydrogens is 246 g/mol. The van der Waals surface area contributed by atoms with Crippen LogP contribution in [0.5, 0.6) is 5.75 Å². The molecule has 2 aromatic heterocycles. The van der Waals surface area contributed by atoms with Crippen LogP contribution in [0.3, 0.4) is 0 Å². The Labute approximate surface area is 109 Å². The van der Waals surface area contributed by atoms with Gasteiger partial charge in [0, 0.05) is 12.5 Å². The van der Waals surface area contributed by atoms with Gasteiger partial charge in [-0.25, -0.2) is 4.98 Å². The van der Waals surface area contributed by atoms with Crippen molar-refractivity contribution in [3.8, 4) is 28.7 Å². The summed E-state index contributed by atoms with van der Waals surface area (Å²) in [6, 6.07) is 7.43. The summed E-state index contributed by atoms with van der Waals surface area (Å²) >= 11 is 0. The lowest BCUT2D eigenvalue weighted by Crippen LogP contribution is -1.85. The number of rotatable bonds is 3. The van der Waals surface area contributed by atoms with Crippen LogP contribution in [0.4, 0.5) is 0 Å². The maximum atomic E-state index is 5.17. The molecule has 0 aliphatic carbocycles. The lowest BCUT2D eigenvalue weighted by atomic mass is 10.2. The molecule has 2 heterocycles.